The Kier molecular flexibility index (Phi) is 10.1. The topological polar surface area (TPSA) is 123 Å². The largest absolute Gasteiger partial charge is 0.459 e. The molecule has 0 aromatic rings. The van der Waals surface area contributed by atoms with Crippen LogP contribution in [0.3, 0.4) is 0 Å². The summed E-state index contributed by atoms with van der Waals surface area (Å²) in [6.45, 7) is 15.3. The number of esters is 1. The highest BCUT2D eigenvalue weighted by molar-refractivity contribution is 5.92. The van der Waals surface area contributed by atoms with Gasteiger partial charge in [0.05, 0.1) is 0 Å². The number of nitrogens with one attached hydrogen (secondary N) is 3. The number of alkyl carbamates (subject to hydrolysis) is 1. The van der Waals surface area contributed by atoms with Crippen molar-refractivity contribution in [3.05, 3.63) is 0 Å². The molecule has 3 N–H and O–H groups in total. The fourth-order valence-corrected chi connectivity index (χ4v) is 2.21. The highest BCUT2D eigenvalue weighted by Gasteiger charge is 2.27. The molecule has 0 aromatic carbocycles. The van der Waals surface area contributed by atoms with Gasteiger partial charge in [0.2, 0.25) is 11.8 Å². The lowest BCUT2D eigenvalue weighted by atomic mass is 10.0. The molecule has 29 heavy (non-hydrogen) atoms. The van der Waals surface area contributed by atoms with Crippen molar-refractivity contribution in [1.82, 2.24) is 16.0 Å². The lowest BCUT2D eigenvalue weighted by molar-refractivity contribution is -0.154. The van der Waals surface area contributed by atoms with E-state index < -0.39 is 47.2 Å². The number of hydrogen-bond donors (Lipinski definition) is 3. The Morgan fingerprint density at radius 1 is 0.793 bits per heavy atom. The number of rotatable bonds is 8. The van der Waals surface area contributed by atoms with Crippen LogP contribution in [0.5, 0.6) is 0 Å². The van der Waals surface area contributed by atoms with E-state index in [-0.39, 0.29) is 12.5 Å². The average Bonchev–Trinajstić information content (AvgIpc) is 2.47. The SMILES string of the molecule is CC(C)C[C@H](NC(=O)[C@H](C)NC(=O)OC(C)(C)C)C(=O)NCC(=O)OC(C)(C)C. The smallest absolute Gasteiger partial charge is 0.408 e. The van der Waals surface area contributed by atoms with E-state index in [4.69, 9.17) is 9.47 Å². The number of hydrogen-bond acceptors (Lipinski definition) is 6. The lowest BCUT2D eigenvalue weighted by Crippen LogP contribution is -2.54. The van der Waals surface area contributed by atoms with Gasteiger partial charge in [0.25, 0.3) is 0 Å². The standard InChI is InChI=1S/C20H37N3O6/c1-12(2)10-14(17(26)21-11-15(24)28-19(4,5)6)23-16(25)13(3)22-18(27)29-20(7,8)9/h12-14H,10-11H2,1-9H3,(H,21,26)(H,22,27)(H,23,25)/t13-,14-/m0/s1. The number of carbonyl (C=O) groups is 4. The molecule has 0 fully saturated rings. The molecule has 0 spiro atoms. The summed E-state index contributed by atoms with van der Waals surface area (Å²) < 4.78 is 10.3. The number of amides is 3. The number of carbonyl (C=O) groups excluding carboxylic acids is 4. The molecule has 0 rings (SSSR count). The molecule has 0 saturated heterocycles. The van der Waals surface area contributed by atoms with Crippen LogP contribution in [0.4, 0.5) is 4.79 Å². The maximum Gasteiger partial charge on any atom is 0.408 e. The third-order valence-corrected chi connectivity index (χ3v) is 3.29. The van der Waals surface area contributed by atoms with E-state index in [1.54, 1.807) is 41.5 Å². The van der Waals surface area contributed by atoms with Crippen molar-refractivity contribution in [3.63, 3.8) is 0 Å². The van der Waals surface area contributed by atoms with Gasteiger partial charge in [0.15, 0.2) is 0 Å². The highest BCUT2D eigenvalue weighted by Crippen LogP contribution is 2.09. The zero-order chi connectivity index (χ0) is 23.0. The lowest BCUT2D eigenvalue weighted by Gasteiger charge is -2.24. The first-order valence-corrected chi connectivity index (χ1v) is 9.79. The number of ether oxygens (including phenoxy) is 2. The summed E-state index contributed by atoms with van der Waals surface area (Å²) in [7, 11) is 0. The van der Waals surface area contributed by atoms with E-state index in [1.165, 1.54) is 6.92 Å². The van der Waals surface area contributed by atoms with Gasteiger partial charge in [-0.15, -0.1) is 0 Å². The maximum absolute atomic E-state index is 12.5. The minimum absolute atomic E-state index is 0.113. The van der Waals surface area contributed by atoms with Gasteiger partial charge in [-0.2, -0.15) is 0 Å². The van der Waals surface area contributed by atoms with Gasteiger partial charge in [-0.1, -0.05) is 13.8 Å². The van der Waals surface area contributed by atoms with Crippen molar-refractivity contribution in [2.75, 3.05) is 6.54 Å². The second kappa shape index (κ2) is 11.0. The fraction of sp³-hybridized carbons (Fsp3) is 0.800. The monoisotopic (exact) mass is 415 g/mol. The van der Waals surface area contributed by atoms with E-state index >= 15 is 0 Å². The first-order chi connectivity index (χ1) is 13.0. The Morgan fingerprint density at radius 2 is 1.31 bits per heavy atom. The van der Waals surface area contributed by atoms with Gasteiger partial charge in [-0.05, 0) is 60.8 Å². The molecule has 3 amide bonds. The van der Waals surface area contributed by atoms with Crippen LogP contribution in [0.1, 0.15) is 68.7 Å². The van der Waals surface area contributed by atoms with Crippen molar-refractivity contribution in [2.24, 2.45) is 5.92 Å². The van der Waals surface area contributed by atoms with Crippen molar-refractivity contribution in [2.45, 2.75) is 92.0 Å². The molecule has 0 aromatic heterocycles. The van der Waals surface area contributed by atoms with Crippen LogP contribution in [0.15, 0.2) is 0 Å². The van der Waals surface area contributed by atoms with Crippen molar-refractivity contribution in [1.29, 1.82) is 0 Å². The van der Waals surface area contributed by atoms with Crippen LogP contribution in [0, 0.1) is 5.92 Å². The van der Waals surface area contributed by atoms with E-state index in [2.05, 4.69) is 16.0 Å². The third kappa shape index (κ3) is 13.5. The van der Waals surface area contributed by atoms with E-state index in [9.17, 15) is 19.2 Å². The van der Waals surface area contributed by atoms with Crippen molar-refractivity contribution in [3.8, 4) is 0 Å². The fourth-order valence-electron chi connectivity index (χ4n) is 2.21. The zero-order valence-corrected chi connectivity index (χ0v) is 19.1. The molecule has 0 saturated carbocycles. The molecule has 0 radical (unpaired) electrons. The molecule has 0 aliphatic rings. The van der Waals surface area contributed by atoms with Crippen molar-refractivity contribution >= 4 is 23.9 Å². The Morgan fingerprint density at radius 3 is 1.76 bits per heavy atom. The van der Waals surface area contributed by atoms with Gasteiger partial charge in [-0.3, -0.25) is 14.4 Å². The summed E-state index contributed by atoms with van der Waals surface area (Å²) in [5, 5.41) is 7.53. The predicted octanol–water partition coefficient (Wildman–Crippen LogP) is 1.89. The summed E-state index contributed by atoms with van der Waals surface area (Å²) in [4.78, 5) is 48.5. The van der Waals surface area contributed by atoms with Crippen LogP contribution >= 0.6 is 0 Å². The molecule has 9 nitrogen and oxygen atoms in total. The van der Waals surface area contributed by atoms with Crippen LogP contribution in [0.2, 0.25) is 0 Å². The molecule has 0 aliphatic heterocycles. The Balaban J connectivity index is 4.84. The normalized spacial score (nSPS) is 13.9. The molecule has 168 valence electrons. The van der Waals surface area contributed by atoms with Gasteiger partial charge >= 0.3 is 12.1 Å². The Labute approximate surface area is 173 Å². The summed E-state index contributed by atoms with van der Waals surface area (Å²) >= 11 is 0. The van der Waals surface area contributed by atoms with Gasteiger partial charge < -0.3 is 25.4 Å². The quantitative estimate of drug-likeness (QED) is 0.520. The Bertz CT molecular complexity index is 590. The molecule has 0 aliphatic carbocycles. The van der Waals surface area contributed by atoms with E-state index in [1.807, 2.05) is 13.8 Å². The first kappa shape index (κ1) is 26.7. The second-order valence-corrected chi connectivity index (χ2v) is 9.36. The molecule has 9 heteroatoms. The van der Waals surface area contributed by atoms with Crippen LogP contribution in [0.25, 0.3) is 0 Å². The molecular weight excluding hydrogens is 378 g/mol. The average molecular weight is 416 g/mol. The summed E-state index contributed by atoms with van der Waals surface area (Å²) in [5.41, 5.74) is -1.35. The van der Waals surface area contributed by atoms with Crippen LogP contribution in [-0.2, 0) is 23.9 Å². The summed E-state index contributed by atoms with van der Waals surface area (Å²) in [5.74, 6) is -1.49. The second-order valence-electron chi connectivity index (χ2n) is 9.36. The van der Waals surface area contributed by atoms with E-state index in [0.717, 1.165) is 0 Å². The van der Waals surface area contributed by atoms with Gasteiger partial charge in [0, 0.05) is 0 Å². The maximum atomic E-state index is 12.5. The minimum atomic E-state index is -0.904. The molecular formula is C20H37N3O6. The minimum Gasteiger partial charge on any atom is -0.459 e. The van der Waals surface area contributed by atoms with E-state index in [0.29, 0.717) is 6.42 Å². The van der Waals surface area contributed by atoms with Crippen molar-refractivity contribution < 1.29 is 28.7 Å². The van der Waals surface area contributed by atoms with Crippen LogP contribution < -0.4 is 16.0 Å². The molecule has 0 heterocycles. The highest BCUT2D eigenvalue weighted by atomic mass is 16.6. The molecule has 0 bridgehead atoms. The molecule has 0 unspecified atom stereocenters. The summed E-state index contributed by atoms with van der Waals surface area (Å²) in [6, 6.07) is -1.76. The zero-order valence-electron chi connectivity index (χ0n) is 19.1. The summed E-state index contributed by atoms with van der Waals surface area (Å²) in [6.07, 6.45) is -0.361. The van der Waals surface area contributed by atoms with Gasteiger partial charge in [0.1, 0.15) is 29.8 Å². The van der Waals surface area contributed by atoms with Crippen LogP contribution in [-0.4, -0.2) is 53.7 Å². The first-order valence-electron chi connectivity index (χ1n) is 9.79. The third-order valence-electron chi connectivity index (χ3n) is 3.29. The predicted molar refractivity (Wildman–Crippen MR) is 109 cm³/mol. The molecule has 2 atom stereocenters. The van der Waals surface area contributed by atoms with Gasteiger partial charge in [-0.25, -0.2) is 4.79 Å². The Hall–Kier alpha value is -2.32.